The molecule has 1 atom stereocenters. The molecule has 0 aliphatic rings. The van der Waals surface area contributed by atoms with E-state index in [9.17, 15) is 0 Å². The predicted octanol–water partition coefficient (Wildman–Crippen LogP) is 1.99. The summed E-state index contributed by atoms with van der Waals surface area (Å²) in [5, 5.41) is 7.00. The molecule has 1 unspecified atom stereocenters. The lowest BCUT2D eigenvalue weighted by molar-refractivity contribution is 0.179. The van der Waals surface area contributed by atoms with Gasteiger partial charge >= 0.3 is 0 Å². The molecule has 0 radical (unpaired) electrons. The van der Waals surface area contributed by atoms with E-state index in [0.717, 1.165) is 6.54 Å². The zero-order valence-corrected chi connectivity index (χ0v) is 11.4. The van der Waals surface area contributed by atoms with Gasteiger partial charge < -0.3 is 15.4 Å². The average Bonchev–Trinajstić information content (AvgIpc) is 2.27. The molecule has 0 bridgehead atoms. The Morgan fingerprint density at radius 2 is 2.24 bits per heavy atom. The van der Waals surface area contributed by atoms with Gasteiger partial charge in [0.05, 0.1) is 6.61 Å². The lowest BCUT2D eigenvalue weighted by Gasteiger charge is -2.16. The summed E-state index contributed by atoms with van der Waals surface area (Å²) in [5.41, 5.74) is 2.49. The molecule has 0 saturated heterocycles. The number of thiocarbonyl (C=S) groups is 1. The Bertz CT molecular complexity index is 368. The molecular formula is C13H20N2OS. The zero-order valence-electron chi connectivity index (χ0n) is 10.6. The van der Waals surface area contributed by atoms with Crippen LogP contribution in [0.25, 0.3) is 0 Å². The molecule has 0 aromatic heterocycles. The van der Waals surface area contributed by atoms with Gasteiger partial charge in [-0.15, -0.1) is 0 Å². The molecule has 0 aliphatic heterocycles. The summed E-state index contributed by atoms with van der Waals surface area (Å²) in [5.74, 6) is 0. The number of hydrogen-bond acceptors (Lipinski definition) is 2. The molecule has 1 aromatic carbocycles. The maximum absolute atomic E-state index is 5.20. The van der Waals surface area contributed by atoms with Crippen molar-refractivity contribution in [3.05, 3.63) is 35.4 Å². The monoisotopic (exact) mass is 252 g/mol. The number of benzene rings is 1. The van der Waals surface area contributed by atoms with Gasteiger partial charge in [-0.1, -0.05) is 29.8 Å². The van der Waals surface area contributed by atoms with Crippen LogP contribution in [0.15, 0.2) is 24.3 Å². The van der Waals surface area contributed by atoms with Crippen LogP contribution in [-0.4, -0.2) is 24.9 Å². The fourth-order valence-corrected chi connectivity index (χ4v) is 1.84. The maximum atomic E-state index is 5.20. The second-order valence-corrected chi connectivity index (χ2v) is 4.58. The third-order valence-corrected chi connectivity index (χ3v) is 2.59. The highest BCUT2D eigenvalue weighted by atomic mass is 32.1. The van der Waals surface area contributed by atoms with Crippen LogP contribution in [0.3, 0.4) is 0 Å². The number of methoxy groups -OCH3 is 1. The predicted molar refractivity (Wildman–Crippen MR) is 75.1 cm³/mol. The van der Waals surface area contributed by atoms with Crippen LogP contribution in [0.4, 0.5) is 0 Å². The van der Waals surface area contributed by atoms with Crippen LogP contribution in [0.5, 0.6) is 0 Å². The van der Waals surface area contributed by atoms with E-state index < -0.39 is 0 Å². The van der Waals surface area contributed by atoms with Crippen molar-refractivity contribution in [1.29, 1.82) is 0 Å². The highest BCUT2D eigenvalue weighted by Crippen LogP contribution is 2.03. The van der Waals surface area contributed by atoms with Crippen LogP contribution in [0.1, 0.15) is 18.1 Å². The minimum Gasteiger partial charge on any atom is -0.383 e. The SMILES string of the molecule is COCC(C)NC(=S)NCc1cccc(C)c1. The Balaban J connectivity index is 2.33. The molecule has 1 rings (SSSR count). The first-order valence-electron chi connectivity index (χ1n) is 5.70. The van der Waals surface area contributed by atoms with Crippen LogP contribution in [0, 0.1) is 6.92 Å². The Hall–Kier alpha value is -1.13. The third kappa shape index (κ3) is 5.65. The molecule has 0 amide bonds. The molecule has 0 aliphatic carbocycles. The number of aryl methyl sites for hydroxylation is 1. The van der Waals surface area contributed by atoms with Gasteiger partial charge in [-0.2, -0.15) is 0 Å². The Labute approximate surface area is 109 Å². The van der Waals surface area contributed by atoms with Crippen LogP contribution < -0.4 is 10.6 Å². The molecule has 0 fully saturated rings. The number of ether oxygens (including phenoxy) is 1. The maximum Gasteiger partial charge on any atom is 0.166 e. The van der Waals surface area contributed by atoms with E-state index >= 15 is 0 Å². The third-order valence-electron chi connectivity index (χ3n) is 2.33. The number of hydrogen-bond donors (Lipinski definition) is 2. The molecular weight excluding hydrogens is 232 g/mol. The summed E-state index contributed by atoms with van der Waals surface area (Å²) in [4.78, 5) is 0. The summed E-state index contributed by atoms with van der Waals surface area (Å²) >= 11 is 5.20. The van der Waals surface area contributed by atoms with Crippen molar-refractivity contribution < 1.29 is 4.74 Å². The smallest absolute Gasteiger partial charge is 0.166 e. The second-order valence-electron chi connectivity index (χ2n) is 4.17. The fourth-order valence-electron chi connectivity index (χ4n) is 1.57. The van der Waals surface area contributed by atoms with E-state index in [4.69, 9.17) is 17.0 Å². The van der Waals surface area contributed by atoms with Crippen molar-refractivity contribution in [2.45, 2.75) is 26.4 Å². The van der Waals surface area contributed by atoms with Crippen molar-refractivity contribution in [3.63, 3.8) is 0 Å². The van der Waals surface area contributed by atoms with Crippen LogP contribution in [0.2, 0.25) is 0 Å². The first-order chi connectivity index (χ1) is 8.11. The van der Waals surface area contributed by atoms with Crippen molar-refractivity contribution in [2.24, 2.45) is 0 Å². The summed E-state index contributed by atoms with van der Waals surface area (Å²) in [6.07, 6.45) is 0. The van der Waals surface area contributed by atoms with Gasteiger partial charge in [-0.05, 0) is 31.6 Å². The standard InChI is InChI=1S/C13H20N2OS/c1-10-5-4-6-12(7-10)8-14-13(17)15-11(2)9-16-3/h4-7,11H,8-9H2,1-3H3,(H2,14,15,17). The molecule has 0 heterocycles. The summed E-state index contributed by atoms with van der Waals surface area (Å²) in [6.45, 7) is 5.50. The van der Waals surface area contributed by atoms with Crippen molar-refractivity contribution in [1.82, 2.24) is 10.6 Å². The minimum absolute atomic E-state index is 0.220. The summed E-state index contributed by atoms with van der Waals surface area (Å²) in [7, 11) is 1.68. The second kappa shape index (κ2) is 7.25. The lowest BCUT2D eigenvalue weighted by Crippen LogP contribution is -2.42. The number of nitrogens with one attached hydrogen (secondary N) is 2. The fraction of sp³-hybridized carbons (Fsp3) is 0.462. The Morgan fingerprint density at radius 3 is 2.88 bits per heavy atom. The van der Waals surface area contributed by atoms with Gasteiger partial charge in [-0.3, -0.25) is 0 Å². The van der Waals surface area contributed by atoms with Crippen LogP contribution >= 0.6 is 12.2 Å². The number of rotatable bonds is 5. The van der Waals surface area contributed by atoms with Crippen molar-refractivity contribution >= 4 is 17.3 Å². The van der Waals surface area contributed by atoms with Gasteiger partial charge in [0.15, 0.2) is 5.11 Å². The quantitative estimate of drug-likeness (QED) is 0.785. The molecule has 94 valence electrons. The first kappa shape index (κ1) is 13.9. The molecule has 4 heteroatoms. The van der Waals surface area contributed by atoms with E-state index in [2.05, 4.69) is 41.8 Å². The van der Waals surface area contributed by atoms with E-state index in [0.29, 0.717) is 11.7 Å². The van der Waals surface area contributed by atoms with Gasteiger partial charge in [-0.25, -0.2) is 0 Å². The van der Waals surface area contributed by atoms with Gasteiger partial charge in [0.2, 0.25) is 0 Å². The van der Waals surface area contributed by atoms with E-state index in [1.807, 2.05) is 6.92 Å². The van der Waals surface area contributed by atoms with E-state index in [1.54, 1.807) is 7.11 Å². The molecule has 0 saturated carbocycles. The highest BCUT2D eigenvalue weighted by molar-refractivity contribution is 7.80. The Morgan fingerprint density at radius 1 is 1.47 bits per heavy atom. The normalized spacial score (nSPS) is 11.9. The minimum atomic E-state index is 0.220. The van der Waals surface area contributed by atoms with Gasteiger partial charge in [0.1, 0.15) is 0 Å². The first-order valence-corrected chi connectivity index (χ1v) is 6.11. The van der Waals surface area contributed by atoms with Gasteiger partial charge in [0, 0.05) is 19.7 Å². The average molecular weight is 252 g/mol. The van der Waals surface area contributed by atoms with Crippen LogP contribution in [-0.2, 0) is 11.3 Å². The lowest BCUT2D eigenvalue weighted by atomic mass is 10.1. The Kier molecular flexibility index (Phi) is 5.94. The van der Waals surface area contributed by atoms with E-state index in [1.165, 1.54) is 11.1 Å². The summed E-state index contributed by atoms with van der Waals surface area (Å²) in [6, 6.07) is 8.59. The van der Waals surface area contributed by atoms with Gasteiger partial charge in [0.25, 0.3) is 0 Å². The van der Waals surface area contributed by atoms with E-state index in [-0.39, 0.29) is 6.04 Å². The summed E-state index contributed by atoms with van der Waals surface area (Å²) < 4.78 is 5.03. The zero-order chi connectivity index (χ0) is 12.7. The molecule has 2 N–H and O–H groups in total. The molecule has 0 spiro atoms. The molecule has 17 heavy (non-hydrogen) atoms. The van der Waals surface area contributed by atoms with Crippen molar-refractivity contribution in [2.75, 3.05) is 13.7 Å². The molecule has 3 nitrogen and oxygen atoms in total. The highest BCUT2D eigenvalue weighted by Gasteiger charge is 2.02. The van der Waals surface area contributed by atoms with Crippen molar-refractivity contribution in [3.8, 4) is 0 Å². The topological polar surface area (TPSA) is 33.3 Å². The largest absolute Gasteiger partial charge is 0.383 e. The molecule has 1 aromatic rings.